The van der Waals surface area contributed by atoms with E-state index in [1.807, 2.05) is 31.2 Å². The summed E-state index contributed by atoms with van der Waals surface area (Å²) < 4.78 is 15.0. The molecule has 0 spiro atoms. The number of Topliss-reactive ketones (excluding diaryl/α,β-unsaturated/α-hetero) is 1. The normalized spacial score (nSPS) is 13.6. The van der Waals surface area contributed by atoms with Crippen LogP contribution < -0.4 is 5.32 Å². The molecule has 1 aromatic heterocycles. The standard InChI is InChI=1S/C20H18FN3O/c1-13-4-2-5-15(12-13)22-20-19-17(6-3-7-18(19)25)24(23-20)16-10-8-14(21)9-11-16/h2,4-5,8-12H,3,6-7H2,1H3,(H,22,23). The third kappa shape index (κ3) is 2.93. The van der Waals surface area contributed by atoms with E-state index in [4.69, 9.17) is 0 Å². The lowest BCUT2D eigenvalue weighted by Gasteiger charge is -2.13. The number of halogens is 1. The molecule has 126 valence electrons. The number of hydrogen-bond acceptors (Lipinski definition) is 3. The van der Waals surface area contributed by atoms with E-state index < -0.39 is 0 Å². The summed E-state index contributed by atoms with van der Waals surface area (Å²) in [4.78, 5) is 12.5. The molecule has 4 rings (SSSR count). The number of ketones is 1. The Kier molecular flexibility index (Phi) is 3.84. The number of benzene rings is 2. The third-order valence-electron chi connectivity index (χ3n) is 4.43. The number of hydrogen-bond donors (Lipinski definition) is 1. The topological polar surface area (TPSA) is 46.9 Å². The lowest BCUT2D eigenvalue weighted by molar-refractivity contribution is 0.0973. The molecule has 0 aliphatic heterocycles. The molecule has 0 radical (unpaired) electrons. The van der Waals surface area contributed by atoms with E-state index in [1.165, 1.54) is 12.1 Å². The first kappa shape index (κ1) is 15.6. The van der Waals surface area contributed by atoms with Crippen molar-refractivity contribution in [3.63, 3.8) is 0 Å². The predicted molar refractivity (Wildman–Crippen MR) is 95.3 cm³/mol. The highest BCUT2D eigenvalue weighted by atomic mass is 19.1. The number of carbonyl (C=O) groups is 1. The molecule has 25 heavy (non-hydrogen) atoms. The van der Waals surface area contributed by atoms with E-state index in [1.54, 1.807) is 16.8 Å². The SMILES string of the molecule is Cc1cccc(Nc2nn(-c3ccc(F)cc3)c3c2C(=O)CCC3)c1. The van der Waals surface area contributed by atoms with E-state index >= 15 is 0 Å². The zero-order valence-corrected chi connectivity index (χ0v) is 13.9. The minimum absolute atomic E-state index is 0.102. The summed E-state index contributed by atoms with van der Waals surface area (Å²) in [6, 6.07) is 14.1. The van der Waals surface area contributed by atoms with E-state index in [0.29, 0.717) is 17.8 Å². The van der Waals surface area contributed by atoms with Gasteiger partial charge in [0.2, 0.25) is 0 Å². The van der Waals surface area contributed by atoms with Crippen molar-refractivity contribution < 1.29 is 9.18 Å². The molecule has 1 aliphatic rings. The number of rotatable bonds is 3. The molecular weight excluding hydrogens is 317 g/mol. The molecular formula is C20H18FN3O. The van der Waals surface area contributed by atoms with Gasteiger partial charge in [0, 0.05) is 12.1 Å². The smallest absolute Gasteiger partial charge is 0.168 e. The molecule has 0 bridgehead atoms. The van der Waals surface area contributed by atoms with Crippen LogP contribution in [-0.4, -0.2) is 15.6 Å². The first-order valence-electron chi connectivity index (χ1n) is 8.36. The molecule has 0 amide bonds. The Labute approximate surface area is 145 Å². The van der Waals surface area contributed by atoms with Gasteiger partial charge in [-0.05, 0) is 61.7 Å². The van der Waals surface area contributed by atoms with Gasteiger partial charge in [-0.15, -0.1) is 5.10 Å². The Morgan fingerprint density at radius 1 is 1.12 bits per heavy atom. The van der Waals surface area contributed by atoms with Crippen LogP contribution >= 0.6 is 0 Å². The zero-order chi connectivity index (χ0) is 17.4. The van der Waals surface area contributed by atoms with Gasteiger partial charge in [0.25, 0.3) is 0 Å². The summed E-state index contributed by atoms with van der Waals surface area (Å²) in [5.41, 5.74) is 4.31. The molecule has 2 aromatic carbocycles. The van der Waals surface area contributed by atoms with Crippen LogP contribution in [0.15, 0.2) is 48.5 Å². The third-order valence-corrected chi connectivity index (χ3v) is 4.43. The Morgan fingerprint density at radius 2 is 1.92 bits per heavy atom. The second kappa shape index (κ2) is 6.16. The highest BCUT2D eigenvalue weighted by molar-refractivity contribution is 6.03. The van der Waals surface area contributed by atoms with E-state index in [-0.39, 0.29) is 11.6 Å². The predicted octanol–water partition coefficient (Wildman–Crippen LogP) is 4.58. The number of anilines is 2. The molecule has 5 heteroatoms. The molecule has 4 nitrogen and oxygen atoms in total. The molecule has 0 saturated carbocycles. The van der Waals surface area contributed by atoms with Gasteiger partial charge in [-0.25, -0.2) is 9.07 Å². The average Bonchev–Trinajstić information content (AvgIpc) is 2.95. The van der Waals surface area contributed by atoms with Gasteiger partial charge in [-0.1, -0.05) is 12.1 Å². The van der Waals surface area contributed by atoms with Gasteiger partial charge in [0.05, 0.1) is 16.9 Å². The van der Waals surface area contributed by atoms with Gasteiger partial charge in [0.15, 0.2) is 11.6 Å². The molecule has 1 heterocycles. The number of aromatic nitrogens is 2. The fourth-order valence-electron chi connectivity index (χ4n) is 3.26. The van der Waals surface area contributed by atoms with Gasteiger partial charge >= 0.3 is 0 Å². The lowest BCUT2D eigenvalue weighted by Crippen LogP contribution is -2.13. The number of carbonyl (C=O) groups excluding carboxylic acids is 1. The van der Waals surface area contributed by atoms with Crippen molar-refractivity contribution in [2.24, 2.45) is 0 Å². The Morgan fingerprint density at radius 3 is 2.68 bits per heavy atom. The monoisotopic (exact) mass is 335 g/mol. The summed E-state index contributed by atoms with van der Waals surface area (Å²) in [5.74, 6) is 0.373. The molecule has 1 N–H and O–H groups in total. The van der Waals surface area contributed by atoms with Crippen LogP contribution in [0.4, 0.5) is 15.9 Å². The van der Waals surface area contributed by atoms with Gasteiger partial charge in [0.1, 0.15) is 5.82 Å². The van der Waals surface area contributed by atoms with E-state index in [0.717, 1.165) is 35.5 Å². The van der Waals surface area contributed by atoms with Crippen molar-refractivity contribution in [3.05, 3.63) is 71.2 Å². The summed E-state index contributed by atoms with van der Waals surface area (Å²) in [5, 5.41) is 7.91. The van der Waals surface area contributed by atoms with E-state index in [9.17, 15) is 9.18 Å². The van der Waals surface area contributed by atoms with Crippen molar-refractivity contribution in [2.75, 3.05) is 5.32 Å². The Hall–Kier alpha value is -2.95. The summed E-state index contributed by atoms with van der Waals surface area (Å²) in [7, 11) is 0. The number of nitrogens with zero attached hydrogens (tertiary/aromatic N) is 2. The van der Waals surface area contributed by atoms with Crippen molar-refractivity contribution in [3.8, 4) is 5.69 Å². The van der Waals surface area contributed by atoms with Crippen molar-refractivity contribution >= 4 is 17.3 Å². The van der Waals surface area contributed by atoms with Crippen molar-refractivity contribution in [2.45, 2.75) is 26.2 Å². The van der Waals surface area contributed by atoms with Gasteiger partial charge in [-0.3, -0.25) is 4.79 Å². The van der Waals surface area contributed by atoms with Crippen LogP contribution in [0.25, 0.3) is 5.69 Å². The number of nitrogens with one attached hydrogen (secondary N) is 1. The summed E-state index contributed by atoms with van der Waals surface area (Å²) >= 11 is 0. The second-order valence-corrected chi connectivity index (χ2v) is 6.33. The fraction of sp³-hybridized carbons (Fsp3) is 0.200. The van der Waals surface area contributed by atoms with Crippen LogP contribution in [0.2, 0.25) is 0 Å². The Balaban J connectivity index is 1.81. The van der Waals surface area contributed by atoms with Gasteiger partial charge < -0.3 is 5.32 Å². The number of aryl methyl sites for hydroxylation is 1. The second-order valence-electron chi connectivity index (χ2n) is 6.33. The summed E-state index contributed by atoms with van der Waals surface area (Å²) in [6.45, 7) is 2.02. The highest BCUT2D eigenvalue weighted by Crippen LogP contribution is 2.31. The molecule has 0 unspecified atom stereocenters. The minimum atomic E-state index is -0.293. The van der Waals surface area contributed by atoms with Crippen LogP contribution in [0, 0.1) is 12.7 Å². The zero-order valence-electron chi connectivity index (χ0n) is 13.9. The molecule has 1 aliphatic carbocycles. The first-order chi connectivity index (χ1) is 12.1. The Bertz CT molecular complexity index is 944. The van der Waals surface area contributed by atoms with Crippen LogP contribution in [0.1, 0.15) is 34.5 Å². The largest absolute Gasteiger partial charge is 0.338 e. The van der Waals surface area contributed by atoms with Crippen LogP contribution in [-0.2, 0) is 6.42 Å². The first-order valence-corrected chi connectivity index (χ1v) is 8.36. The van der Waals surface area contributed by atoms with Crippen molar-refractivity contribution in [1.82, 2.24) is 9.78 Å². The molecule has 0 saturated heterocycles. The van der Waals surface area contributed by atoms with Crippen molar-refractivity contribution in [1.29, 1.82) is 0 Å². The summed E-state index contributed by atoms with van der Waals surface area (Å²) in [6.07, 6.45) is 2.12. The quantitative estimate of drug-likeness (QED) is 0.762. The maximum Gasteiger partial charge on any atom is 0.168 e. The molecule has 3 aromatic rings. The van der Waals surface area contributed by atoms with Crippen LogP contribution in [0.3, 0.4) is 0 Å². The minimum Gasteiger partial charge on any atom is -0.338 e. The van der Waals surface area contributed by atoms with Gasteiger partial charge in [-0.2, -0.15) is 0 Å². The molecule has 0 fully saturated rings. The average molecular weight is 335 g/mol. The van der Waals surface area contributed by atoms with E-state index in [2.05, 4.69) is 10.4 Å². The maximum absolute atomic E-state index is 13.2. The highest BCUT2D eigenvalue weighted by Gasteiger charge is 2.27. The van der Waals surface area contributed by atoms with Crippen LogP contribution in [0.5, 0.6) is 0 Å². The lowest BCUT2D eigenvalue weighted by atomic mass is 9.95. The fourth-order valence-corrected chi connectivity index (χ4v) is 3.26. The maximum atomic E-state index is 13.2. The molecule has 0 atom stereocenters. The number of fused-ring (bicyclic) bond motifs is 1.